The van der Waals surface area contributed by atoms with E-state index >= 15 is 0 Å². The third-order valence-electron chi connectivity index (χ3n) is 6.19. The van der Waals surface area contributed by atoms with Crippen LogP contribution in [0, 0.1) is 5.92 Å². The Morgan fingerprint density at radius 2 is 2.07 bits per heavy atom. The van der Waals surface area contributed by atoms with E-state index in [1.807, 2.05) is 41.1 Å². The standard InChI is InChI=1S/C22H23N5O3/c1-22(29)15(11-30-16-4-2-13-3-5-19(23)26-17(13)9-16)8-18(20(22)28)27-7-6-14-10-24-12-25-21(14)27/h2-7,9-10,12,15,18,20,28-29H,8,11H2,1H3,(H2,23,26)/t15-,18+,20-,22+/m0/s1. The van der Waals surface area contributed by atoms with E-state index in [4.69, 9.17) is 10.5 Å². The molecule has 4 aromatic rings. The van der Waals surface area contributed by atoms with Gasteiger partial charge in [-0.25, -0.2) is 15.0 Å². The number of rotatable bonds is 4. The largest absolute Gasteiger partial charge is 0.493 e. The number of benzene rings is 1. The van der Waals surface area contributed by atoms with Gasteiger partial charge in [0.15, 0.2) is 0 Å². The fraction of sp³-hybridized carbons (Fsp3) is 0.318. The molecule has 0 radical (unpaired) electrons. The zero-order valence-corrected chi connectivity index (χ0v) is 16.5. The fourth-order valence-corrected chi connectivity index (χ4v) is 4.36. The van der Waals surface area contributed by atoms with Gasteiger partial charge in [0.1, 0.15) is 29.6 Å². The van der Waals surface area contributed by atoms with Crippen LogP contribution in [-0.4, -0.2) is 48.0 Å². The quantitative estimate of drug-likeness (QED) is 0.477. The molecular weight excluding hydrogens is 382 g/mol. The number of aliphatic hydroxyl groups is 2. The Morgan fingerprint density at radius 1 is 1.23 bits per heavy atom. The van der Waals surface area contributed by atoms with Crippen LogP contribution >= 0.6 is 0 Å². The zero-order valence-electron chi connectivity index (χ0n) is 16.5. The maximum absolute atomic E-state index is 11.0. The second-order valence-electron chi connectivity index (χ2n) is 8.10. The van der Waals surface area contributed by atoms with Gasteiger partial charge < -0.3 is 25.3 Å². The number of nitrogens with zero attached hydrogens (tertiary/aromatic N) is 4. The van der Waals surface area contributed by atoms with E-state index in [2.05, 4.69) is 15.0 Å². The molecule has 3 heterocycles. The molecule has 8 nitrogen and oxygen atoms in total. The molecule has 4 N–H and O–H groups in total. The van der Waals surface area contributed by atoms with Gasteiger partial charge in [-0.3, -0.25) is 0 Å². The Labute approximate surface area is 173 Å². The van der Waals surface area contributed by atoms with Crippen LogP contribution in [0.1, 0.15) is 19.4 Å². The molecule has 0 unspecified atom stereocenters. The number of nitrogens with two attached hydrogens (primary N) is 1. The SMILES string of the molecule is C[C@@]1(O)[C@H](COc2ccc3ccc(N)nc3c2)C[C@@H](n2ccc3cncnc32)[C@@H]1O. The lowest BCUT2D eigenvalue weighted by Gasteiger charge is -2.29. The van der Waals surface area contributed by atoms with Crippen LogP contribution in [0.5, 0.6) is 5.75 Å². The second kappa shape index (κ2) is 6.93. The van der Waals surface area contributed by atoms with Crippen molar-refractivity contribution in [1.29, 1.82) is 0 Å². The van der Waals surface area contributed by atoms with Crippen molar-refractivity contribution in [3.8, 4) is 5.75 Å². The molecule has 1 fully saturated rings. The van der Waals surface area contributed by atoms with E-state index in [1.54, 1.807) is 19.2 Å². The van der Waals surface area contributed by atoms with Gasteiger partial charge in [0, 0.05) is 35.2 Å². The Balaban J connectivity index is 1.37. The molecule has 30 heavy (non-hydrogen) atoms. The first-order valence-corrected chi connectivity index (χ1v) is 9.89. The summed E-state index contributed by atoms with van der Waals surface area (Å²) in [5, 5.41) is 23.8. The maximum Gasteiger partial charge on any atom is 0.143 e. The molecule has 0 amide bonds. The lowest BCUT2D eigenvalue weighted by atomic mass is 9.92. The average Bonchev–Trinajstić information content (AvgIpc) is 3.25. The van der Waals surface area contributed by atoms with Crippen molar-refractivity contribution in [2.24, 2.45) is 5.92 Å². The van der Waals surface area contributed by atoms with Gasteiger partial charge >= 0.3 is 0 Å². The summed E-state index contributed by atoms with van der Waals surface area (Å²) in [5.74, 6) is 0.835. The Morgan fingerprint density at radius 3 is 2.93 bits per heavy atom. The van der Waals surface area contributed by atoms with Crippen molar-refractivity contribution in [1.82, 2.24) is 19.5 Å². The van der Waals surface area contributed by atoms with Crippen LogP contribution in [0.2, 0.25) is 0 Å². The van der Waals surface area contributed by atoms with Crippen molar-refractivity contribution in [2.75, 3.05) is 12.3 Å². The first kappa shape index (κ1) is 18.8. The Hall–Kier alpha value is -3.23. The first-order chi connectivity index (χ1) is 14.4. The predicted octanol–water partition coefficient (Wildman–Crippen LogP) is 2.31. The summed E-state index contributed by atoms with van der Waals surface area (Å²) in [4.78, 5) is 12.7. The monoisotopic (exact) mass is 405 g/mol. The van der Waals surface area contributed by atoms with E-state index in [0.717, 1.165) is 21.9 Å². The smallest absolute Gasteiger partial charge is 0.143 e. The minimum Gasteiger partial charge on any atom is -0.493 e. The first-order valence-electron chi connectivity index (χ1n) is 9.89. The van der Waals surface area contributed by atoms with Crippen LogP contribution in [0.3, 0.4) is 0 Å². The fourth-order valence-electron chi connectivity index (χ4n) is 4.36. The summed E-state index contributed by atoms with van der Waals surface area (Å²) in [5.41, 5.74) is 5.97. The summed E-state index contributed by atoms with van der Waals surface area (Å²) in [7, 11) is 0. The summed E-state index contributed by atoms with van der Waals surface area (Å²) in [6.45, 7) is 1.93. The molecular formula is C22H23N5O3. The minimum atomic E-state index is -1.30. The summed E-state index contributed by atoms with van der Waals surface area (Å²) >= 11 is 0. The molecule has 0 aliphatic heterocycles. The number of hydrogen-bond donors (Lipinski definition) is 3. The van der Waals surface area contributed by atoms with Crippen molar-refractivity contribution < 1.29 is 14.9 Å². The maximum atomic E-state index is 11.0. The number of hydrogen-bond acceptors (Lipinski definition) is 7. The molecule has 0 spiro atoms. The summed E-state index contributed by atoms with van der Waals surface area (Å²) in [6.07, 6.45) is 4.71. The van der Waals surface area contributed by atoms with Gasteiger partial charge in [-0.15, -0.1) is 0 Å². The highest BCUT2D eigenvalue weighted by Gasteiger charge is 2.51. The lowest BCUT2D eigenvalue weighted by molar-refractivity contribution is -0.0821. The molecule has 0 bridgehead atoms. The number of fused-ring (bicyclic) bond motifs is 2. The number of nitrogen functional groups attached to an aromatic ring is 1. The Kier molecular flexibility index (Phi) is 4.34. The van der Waals surface area contributed by atoms with Crippen LogP contribution in [-0.2, 0) is 0 Å². The van der Waals surface area contributed by atoms with Crippen molar-refractivity contribution in [3.05, 3.63) is 55.1 Å². The normalized spacial score (nSPS) is 26.4. The molecule has 1 aliphatic carbocycles. The molecule has 4 atom stereocenters. The highest BCUT2D eigenvalue weighted by molar-refractivity contribution is 5.81. The van der Waals surface area contributed by atoms with Gasteiger partial charge in [-0.1, -0.05) is 0 Å². The molecule has 1 saturated carbocycles. The third-order valence-corrected chi connectivity index (χ3v) is 6.19. The Bertz CT molecular complexity index is 1220. The number of pyridine rings is 1. The van der Waals surface area contributed by atoms with Gasteiger partial charge in [0.05, 0.1) is 23.8 Å². The summed E-state index contributed by atoms with van der Waals surface area (Å²) < 4.78 is 7.90. The van der Waals surface area contributed by atoms with Gasteiger partial charge in [0.2, 0.25) is 0 Å². The minimum absolute atomic E-state index is 0.263. The second-order valence-corrected chi connectivity index (χ2v) is 8.10. The van der Waals surface area contributed by atoms with Crippen LogP contribution in [0.25, 0.3) is 21.9 Å². The topological polar surface area (TPSA) is 119 Å². The molecule has 3 aromatic heterocycles. The summed E-state index contributed by atoms with van der Waals surface area (Å²) in [6, 6.07) is 10.9. The van der Waals surface area contributed by atoms with E-state index in [0.29, 0.717) is 18.0 Å². The van der Waals surface area contributed by atoms with Crippen LogP contribution in [0.15, 0.2) is 55.1 Å². The molecule has 8 heteroatoms. The van der Waals surface area contributed by atoms with Gasteiger partial charge in [-0.2, -0.15) is 0 Å². The molecule has 5 rings (SSSR count). The predicted molar refractivity (Wildman–Crippen MR) is 113 cm³/mol. The number of ether oxygens (including phenoxy) is 1. The average molecular weight is 405 g/mol. The lowest BCUT2D eigenvalue weighted by Crippen LogP contribution is -2.43. The van der Waals surface area contributed by atoms with Crippen molar-refractivity contribution in [2.45, 2.75) is 31.1 Å². The highest BCUT2D eigenvalue weighted by Crippen LogP contribution is 2.43. The van der Waals surface area contributed by atoms with Crippen molar-refractivity contribution in [3.63, 3.8) is 0 Å². The van der Waals surface area contributed by atoms with Crippen LogP contribution in [0.4, 0.5) is 5.82 Å². The van der Waals surface area contributed by atoms with Crippen molar-refractivity contribution >= 4 is 27.8 Å². The van der Waals surface area contributed by atoms with Gasteiger partial charge in [-0.05, 0) is 43.7 Å². The van der Waals surface area contributed by atoms with E-state index in [9.17, 15) is 10.2 Å². The number of aliphatic hydroxyl groups excluding tert-OH is 1. The van der Waals surface area contributed by atoms with E-state index in [1.165, 1.54) is 6.33 Å². The van der Waals surface area contributed by atoms with E-state index < -0.39 is 11.7 Å². The number of anilines is 1. The highest BCUT2D eigenvalue weighted by atomic mass is 16.5. The number of aromatic nitrogens is 4. The van der Waals surface area contributed by atoms with Gasteiger partial charge in [0.25, 0.3) is 0 Å². The molecule has 0 saturated heterocycles. The molecule has 154 valence electrons. The molecule has 1 aliphatic rings. The van der Waals surface area contributed by atoms with E-state index in [-0.39, 0.29) is 18.6 Å². The third kappa shape index (κ3) is 3.05. The zero-order chi connectivity index (χ0) is 20.9. The van der Waals surface area contributed by atoms with Crippen LogP contribution < -0.4 is 10.5 Å². The molecule has 1 aromatic carbocycles.